The zero-order chi connectivity index (χ0) is 71.4. The smallest absolute Gasteiger partial charge is 0.735 e. The van der Waals surface area contributed by atoms with Crippen LogP contribution < -0.4 is 320 Å². The molecule has 0 unspecified atom stereocenters. The third-order valence-corrected chi connectivity index (χ3v) is 16.2. The fourth-order valence-electron chi connectivity index (χ4n) is 8.93. The van der Waals surface area contributed by atoms with Gasteiger partial charge in [-0.25, -0.2) is 81.5 Å². The summed E-state index contributed by atoms with van der Waals surface area (Å²) in [5.74, 6) is -5.54. The molecule has 52 nitrogen and oxygen atoms in total. The Morgan fingerprint density at radius 3 is 1.03 bits per heavy atom. The van der Waals surface area contributed by atoms with Gasteiger partial charge in [-0.05, 0) is 0 Å². The van der Waals surface area contributed by atoms with Crippen LogP contribution in [0.5, 0.6) is 0 Å². The van der Waals surface area contributed by atoms with Gasteiger partial charge in [-0.15, -0.1) is 0 Å². The summed E-state index contributed by atoms with van der Waals surface area (Å²) >= 11 is 0. The molecule has 5 heterocycles. The number of hydrogen-bond donors (Lipinski definition) is 9. The van der Waals surface area contributed by atoms with Crippen molar-refractivity contribution in [3.8, 4) is 0 Å². The summed E-state index contributed by atoms with van der Waals surface area (Å²) in [5, 5.41) is 92.1. The molecule has 103 heavy (non-hydrogen) atoms. The van der Waals surface area contributed by atoms with Crippen molar-refractivity contribution in [3.05, 3.63) is 0 Å². The Morgan fingerprint density at radius 2 is 0.650 bits per heavy atom. The molecular formula is C33H49N3Na10O49S8. The Labute approximate surface area is 807 Å². The van der Waals surface area contributed by atoms with Gasteiger partial charge in [0.15, 0.2) is 68.5 Å². The number of rotatable bonds is 30. The summed E-state index contributed by atoms with van der Waals surface area (Å²) in [7, 11) is -48.4. The molecule has 25 atom stereocenters. The van der Waals surface area contributed by atoms with E-state index < -0.39 is 268 Å². The molecule has 5 aliphatic heterocycles. The second-order valence-electron chi connectivity index (χ2n) is 18.5. The van der Waals surface area contributed by atoms with Crippen LogP contribution in [-0.2, 0) is 161 Å². The van der Waals surface area contributed by atoms with Crippen LogP contribution >= 0.6 is 0 Å². The predicted molar refractivity (Wildman–Crippen MR) is 253 cm³/mol. The molecule has 0 radical (unpaired) electrons. The quantitative estimate of drug-likeness (QED) is 0.0183. The first-order chi connectivity index (χ1) is 42.2. The molecule has 5 saturated heterocycles. The Kier molecular flexibility index (Phi) is 62.1. The molecule has 5 rings (SSSR count). The Hall–Kier alpha value is 7.26. The van der Waals surface area contributed by atoms with E-state index in [-0.39, 0.29) is 296 Å². The van der Waals surface area contributed by atoms with E-state index >= 15 is 0 Å². The minimum absolute atomic E-state index is 0. The van der Waals surface area contributed by atoms with E-state index in [0.29, 0.717) is 7.11 Å². The van der Waals surface area contributed by atoms with Gasteiger partial charge < -0.3 is 134 Å². The molecule has 0 aromatic rings. The monoisotopic (exact) mass is 1760 g/mol. The van der Waals surface area contributed by atoms with Crippen LogP contribution in [0.1, 0.15) is 13.8 Å². The molecule has 0 aromatic heterocycles. The summed E-state index contributed by atoms with van der Waals surface area (Å²) in [6, 6.07) is -8.60. The molecule has 0 saturated carbocycles. The van der Waals surface area contributed by atoms with Crippen LogP contribution in [0.2, 0.25) is 0 Å². The third kappa shape index (κ3) is 40.5. The molecule has 0 aromatic carbocycles. The zero-order valence-electron chi connectivity index (χ0n) is 55.6. The van der Waals surface area contributed by atoms with E-state index in [9.17, 15) is 154 Å². The topological polar surface area (TPSA) is 834 Å². The number of carboxylic acid groups (broad SMARTS) is 2. The van der Waals surface area contributed by atoms with Crippen molar-refractivity contribution in [2.45, 2.75) is 167 Å². The van der Waals surface area contributed by atoms with Gasteiger partial charge in [-0.1, -0.05) is 13.8 Å². The van der Waals surface area contributed by atoms with E-state index in [1.165, 1.54) is 4.72 Å². The average Bonchev–Trinajstić information content (AvgIpc) is 0.763. The fourth-order valence-corrected chi connectivity index (χ4v) is 12.6. The maximum atomic E-state index is 12.8. The number of carbonyl (C=O) groups is 2. The maximum absolute atomic E-state index is 12.8. The predicted octanol–water partition coefficient (Wildman–Crippen LogP) is -48.1. The normalized spacial score (nSPS) is 34.2. The van der Waals surface area contributed by atoms with E-state index in [0.717, 1.165) is 9.44 Å². The number of hydrogen-bond acceptors (Lipinski definition) is 49. The first kappa shape index (κ1) is 123. The summed E-state index contributed by atoms with van der Waals surface area (Å²) < 4.78 is 359. The van der Waals surface area contributed by atoms with Gasteiger partial charge >= 0.3 is 296 Å². The number of carbonyl (C=O) groups excluding carboxylic acids is 2. The first-order valence-electron chi connectivity index (χ1n) is 24.4. The summed E-state index contributed by atoms with van der Waals surface area (Å²) in [6.07, 6.45) is -66.6. The van der Waals surface area contributed by atoms with Crippen molar-refractivity contribution in [1.29, 1.82) is 0 Å². The van der Waals surface area contributed by atoms with Crippen LogP contribution in [0.25, 0.3) is 0 Å². The van der Waals surface area contributed by atoms with E-state index in [4.69, 9.17) is 47.4 Å². The number of aliphatic hydroxyl groups is 6. The molecule has 0 bridgehead atoms. The Bertz CT molecular complexity index is 3540. The van der Waals surface area contributed by atoms with Crippen LogP contribution in [0.4, 0.5) is 0 Å². The average molecular weight is 1760 g/mol. The molecule has 5 fully saturated rings. The van der Waals surface area contributed by atoms with Gasteiger partial charge in [-0.2, -0.15) is 0 Å². The van der Waals surface area contributed by atoms with Crippen LogP contribution in [0.3, 0.4) is 0 Å². The van der Waals surface area contributed by atoms with Crippen LogP contribution in [0, 0.1) is 0 Å². The van der Waals surface area contributed by atoms with E-state index in [1.54, 1.807) is 0 Å². The van der Waals surface area contributed by atoms with Gasteiger partial charge in [-0.3, -0.25) is 20.9 Å². The Morgan fingerprint density at radius 1 is 0.340 bits per heavy atom. The van der Waals surface area contributed by atoms with Crippen molar-refractivity contribution in [3.63, 3.8) is 0 Å². The molecule has 0 spiro atoms. The number of aliphatic carboxylic acids is 2. The second-order valence-corrected chi connectivity index (χ2v) is 27.1. The standard InChI is InChI=1S/C31H53N3O49S8.C2H6.10Na/c1-69-27-9(33-85(48,49)50)13(37)17(6(74-27)3-71-88(57,58)59)76-31-22(83-91(66,67)68)16(40)21(24(81-31)26(43)44)79-29-10(34-86(51,52)53)19(82-90(63,64)65)18(7(75-29)4-72-89(60,61)62)77-30-15(39)14(38)20(23(80-30)25(41)42)78-28-8(32-84(45,46)47)12(36)11(35)5(73-28)2-70-87(54,55)56;1-2;;;;;;;;;;/h5-24,27-40H,2-4H2,1H3,(H,41,42)(H,43,44)(H,45,46,47)(H,48,49,50)(H,51,52,53)(H,54,55,56)(H,57,58,59)(H,60,61,62)(H,63,64,65)(H,66,67,68);1-2H3;;;;;;;;;;/q;;10*+1/p-10/t5-,6-,7-,8-,9-,10-,11-,12-,13-,14-,15-,16+,17-,18-,19-,20+,21+,22-,23+,24-,27-,28-,29+,30-,31-;;;;;;;;;;;/m1.........../s1. The van der Waals surface area contributed by atoms with E-state index in [2.05, 4.69) is 20.9 Å². The molecule has 548 valence electrons. The van der Waals surface area contributed by atoms with Gasteiger partial charge in [0.1, 0.15) is 116 Å². The SMILES string of the molecule is CC.CO[C@@H]1O[C@H](COS(=O)(=O)[O-])[C@@H](O[C@@H]2O[C@@H](C(=O)[O-])[C@@H](O[C@@H]3O[C@H](COS(=O)(=O)[O-])[C@@H](O[C@@H]4O[C@H](C(=O)[O-])[C@@H](O[C@H]5O[C@H](COS(=O)(=O)[O-])[C@@H](O)[C@H](O)[C@H]5NS(=O)(=O)[O-])[C@H](O)[C@H]4O)[C@H](OS(=O)(=O)[O-])[C@H]3NS(=O)(=O)[O-])[C@H](O)[C@H]2OS(=O)(=O)[O-])[C@H](O)[C@H]1NS(=O)(=O)[O-].[Na+].[Na+].[Na+].[Na+].[Na+].[Na+].[Na+].[Na+].[Na+].[Na+]. The molecule has 70 heteroatoms. The molecule has 0 amide bonds. The van der Waals surface area contributed by atoms with Gasteiger partial charge in [0.05, 0.1) is 31.8 Å². The van der Waals surface area contributed by atoms with E-state index in [1.807, 2.05) is 13.8 Å². The number of ether oxygens (including phenoxy) is 10. The summed E-state index contributed by atoms with van der Waals surface area (Å²) in [6.45, 7) is -1.44. The van der Waals surface area contributed by atoms with Crippen LogP contribution in [-0.4, -0.2) is 327 Å². The third-order valence-electron chi connectivity index (χ3n) is 12.4. The minimum Gasteiger partial charge on any atom is -0.735 e. The van der Waals surface area contributed by atoms with Crippen molar-refractivity contribution in [1.82, 2.24) is 14.2 Å². The van der Waals surface area contributed by atoms with Crippen molar-refractivity contribution in [2.24, 2.45) is 0 Å². The summed E-state index contributed by atoms with van der Waals surface area (Å²) in [4.78, 5) is 25.5. The number of carboxylic acids is 2. The Balaban J connectivity index is -0.00000152. The summed E-state index contributed by atoms with van der Waals surface area (Å²) in [5.41, 5.74) is 0. The molecule has 9 N–H and O–H groups in total. The maximum Gasteiger partial charge on any atom is 1.00 e. The zero-order valence-corrected chi connectivity index (χ0v) is 82.1. The molecule has 5 aliphatic rings. The van der Waals surface area contributed by atoms with Crippen molar-refractivity contribution >= 4 is 94.8 Å². The fraction of sp³-hybridized carbons (Fsp3) is 0.939. The van der Waals surface area contributed by atoms with Gasteiger partial charge in [0.2, 0.25) is 52.0 Å². The number of aliphatic hydroxyl groups excluding tert-OH is 6. The van der Waals surface area contributed by atoms with Crippen molar-refractivity contribution < 1.29 is 518 Å². The molecule has 0 aliphatic carbocycles. The number of nitrogens with one attached hydrogen (secondary N) is 3. The van der Waals surface area contributed by atoms with Gasteiger partial charge in [0, 0.05) is 7.11 Å². The van der Waals surface area contributed by atoms with Crippen molar-refractivity contribution in [2.75, 3.05) is 26.9 Å². The first-order valence-corrected chi connectivity index (χ1v) is 35.3. The second kappa shape index (κ2) is 51.8. The largest absolute Gasteiger partial charge is 1.00 e. The number of methoxy groups -OCH3 is 1. The minimum atomic E-state index is -6.68. The molecular weight excluding hydrogens is 1710 g/mol. The van der Waals surface area contributed by atoms with Gasteiger partial charge in [0.25, 0.3) is 0 Å². The van der Waals surface area contributed by atoms with Crippen LogP contribution in [0.15, 0.2) is 0 Å².